The zero-order chi connectivity index (χ0) is 19.7. The molecule has 0 aromatic heterocycles. The van der Waals surface area contributed by atoms with E-state index in [4.69, 9.17) is 4.99 Å². The Morgan fingerprint density at radius 3 is 2.32 bits per heavy atom. The number of amides is 1. The van der Waals surface area contributed by atoms with Crippen molar-refractivity contribution in [3.05, 3.63) is 70.1 Å². The molecule has 0 N–H and O–H groups in total. The van der Waals surface area contributed by atoms with Gasteiger partial charge >= 0.3 is 0 Å². The summed E-state index contributed by atoms with van der Waals surface area (Å²) in [5, 5.41) is 1.81. The van der Waals surface area contributed by atoms with E-state index in [-0.39, 0.29) is 11.9 Å². The summed E-state index contributed by atoms with van der Waals surface area (Å²) in [7, 11) is 0. The van der Waals surface area contributed by atoms with E-state index in [1.807, 2.05) is 37.3 Å². The van der Waals surface area contributed by atoms with Gasteiger partial charge in [-0.05, 0) is 50.2 Å². The van der Waals surface area contributed by atoms with E-state index in [9.17, 15) is 4.79 Å². The van der Waals surface area contributed by atoms with Crippen LogP contribution in [-0.2, 0) is 4.79 Å². The maximum absolute atomic E-state index is 13.2. The summed E-state index contributed by atoms with van der Waals surface area (Å²) in [6.07, 6.45) is 0. The number of thioether (sulfide) groups is 2. The number of nitrogens with zero attached hydrogens (tertiary/aromatic N) is 3. The van der Waals surface area contributed by atoms with Gasteiger partial charge in [-0.1, -0.05) is 54.2 Å². The lowest BCUT2D eigenvalue weighted by Gasteiger charge is -2.19. The number of aliphatic imine (C=N–C) groups is 1. The number of anilines is 1. The van der Waals surface area contributed by atoms with E-state index in [2.05, 4.69) is 43.0 Å². The highest BCUT2D eigenvalue weighted by Crippen LogP contribution is 2.50. The summed E-state index contributed by atoms with van der Waals surface area (Å²) in [6, 6.07) is 18.5. The van der Waals surface area contributed by atoms with Crippen LogP contribution in [0.4, 0.5) is 5.69 Å². The molecular weight excluding hydrogens is 386 g/mol. The van der Waals surface area contributed by atoms with Gasteiger partial charge in [0.05, 0.1) is 11.7 Å². The number of fused-ring (bicyclic) bond motifs is 1. The normalized spacial score (nSPS) is 21.5. The minimum absolute atomic E-state index is 0.00519. The van der Waals surface area contributed by atoms with Crippen LogP contribution in [-0.4, -0.2) is 29.1 Å². The SMILES string of the molecule is CCN1C(=O)C(=C2Sc3ccccc3N2CC)SC1=N[C@H](C)c1ccccc1. The molecular formula is C22H23N3OS2. The molecule has 4 nitrogen and oxygen atoms in total. The van der Waals surface area contributed by atoms with Gasteiger partial charge in [0.1, 0.15) is 9.93 Å². The van der Waals surface area contributed by atoms with Gasteiger partial charge < -0.3 is 4.90 Å². The number of hydrogen-bond donors (Lipinski definition) is 0. The fraction of sp³-hybridized carbons (Fsp3) is 0.273. The molecule has 1 fully saturated rings. The first-order valence-electron chi connectivity index (χ1n) is 9.55. The fourth-order valence-corrected chi connectivity index (χ4v) is 5.92. The van der Waals surface area contributed by atoms with Crippen molar-refractivity contribution in [2.45, 2.75) is 31.7 Å². The molecule has 4 rings (SSSR count). The van der Waals surface area contributed by atoms with Gasteiger partial charge in [0, 0.05) is 18.0 Å². The van der Waals surface area contributed by atoms with Gasteiger partial charge in [-0.3, -0.25) is 14.7 Å². The van der Waals surface area contributed by atoms with Crippen molar-refractivity contribution in [2.75, 3.05) is 18.0 Å². The highest BCUT2D eigenvalue weighted by atomic mass is 32.2. The van der Waals surface area contributed by atoms with Crippen molar-refractivity contribution in [3.8, 4) is 0 Å². The average molecular weight is 410 g/mol. The number of likely N-dealkylation sites (N-methyl/N-ethyl adjacent to an activating group) is 1. The fourth-order valence-electron chi connectivity index (χ4n) is 3.40. The Labute approximate surface area is 174 Å². The highest BCUT2D eigenvalue weighted by Gasteiger charge is 2.39. The molecule has 2 aliphatic heterocycles. The second-order valence-corrected chi connectivity index (χ2v) is 8.61. The number of rotatable bonds is 4. The van der Waals surface area contributed by atoms with Crippen molar-refractivity contribution < 1.29 is 4.79 Å². The van der Waals surface area contributed by atoms with Crippen LogP contribution in [0.5, 0.6) is 0 Å². The van der Waals surface area contributed by atoms with Crippen molar-refractivity contribution in [3.63, 3.8) is 0 Å². The van der Waals surface area contributed by atoms with E-state index in [0.29, 0.717) is 6.54 Å². The zero-order valence-corrected chi connectivity index (χ0v) is 17.9. The Bertz CT molecular complexity index is 955. The van der Waals surface area contributed by atoms with Crippen LogP contribution in [0.1, 0.15) is 32.4 Å². The Kier molecular flexibility index (Phi) is 5.51. The van der Waals surface area contributed by atoms with E-state index in [0.717, 1.165) is 27.2 Å². The summed E-state index contributed by atoms with van der Waals surface area (Å²) in [5.74, 6) is 0.0558. The van der Waals surface area contributed by atoms with Crippen molar-refractivity contribution in [1.29, 1.82) is 0 Å². The average Bonchev–Trinajstić information content (AvgIpc) is 3.25. The monoisotopic (exact) mass is 409 g/mol. The maximum Gasteiger partial charge on any atom is 0.269 e. The molecule has 0 aliphatic carbocycles. The van der Waals surface area contributed by atoms with Crippen LogP contribution >= 0.6 is 23.5 Å². The summed E-state index contributed by atoms with van der Waals surface area (Å²) >= 11 is 3.19. The molecule has 144 valence electrons. The Hall–Kier alpha value is -2.18. The molecule has 0 spiro atoms. The van der Waals surface area contributed by atoms with Crippen LogP contribution in [0.25, 0.3) is 0 Å². The number of hydrogen-bond acceptors (Lipinski definition) is 5. The van der Waals surface area contributed by atoms with E-state index in [1.54, 1.807) is 16.7 Å². The molecule has 0 unspecified atom stereocenters. The highest BCUT2D eigenvalue weighted by molar-refractivity contribution is 8.19. The number of para-hydroxylation sites is 1. The van der Waals surface area contributed by atoms with Crippen LogP contribution in [0, 0.1) is 0 Å². The van der Waals surface area contributed by atoms with Gasteiger partial charge in [-0.25, -0.2) is 0 Å². The second-order valence-electron chi connectivity index (χ2n) is 6.60. The Morgan fingerprint density at radius 2 is 1.61 bits per heavy atom. The molecule has 6 heteroatoms. The molecule has 2 heterocycles. The zero-order valence-electron chi connectivity index (χ0n) is 16.3. The summed E-state index contributed by atoms with van der Waals surface area (Å²) in [4.78, 5) is 24.1. The number of amidine groups is 1. The van der Waals surface area contributed by atoms with E-state index < -0.39 is 0 Å². The molecule has 2 aliphatic rings. The third kappa shape index (κ3) is 3.35. The lowest BCUT2D eigenvalue weighted by molar-refractivity contribution is -0.122. The molecule has 28 heavy (non-hydrogen) atoms. The minimum Gasteiger partial charge on any atom is -0.334 e. The van der Waals surface area contributed by atoms with Gasteiger partial charge in [0.2, 0.25) is 0 Å². The van der Waals surface area contributed by atoms with E-state index >= 15 is 0 Å². The smallest absolute Gasteiger partial charge is 0.269 e. The lowest BCUT2D eigenvalue weighted by Crippen LogP contribution is -2.30. The first kappa shape index (κ1) is 19.2. The number of carbonyl (C=O) groups excluding carboxylic acids is 1. The topological polar surface area (TPSA) is 35.9 Å². The predicted molar refractivity (Wildman–Crippen MR) is 120 cm³/mol. The van der Waals surface area contributed by atoms with Gasteiger partial charge in [0.25, 0.3) is 5.91 Å². The van der Waals surface area contributed by atoms with Gasteiger partial charge in [0.15, 0.2) is 5.17 Å². The van der Waals surface area contributed by atoms with Crippen molar-refractivity contribution in [1.82, 2.24) is 4.90 Å². The first-order valence-corrected chi connectivity index (χ1v) is 11.2. The van der Waals surface area contributed by atoms with Crippen molar-refractivity contribution in [2.24, 2.45) is 4.99 Å². The lowest BCUT2D eigenvalue weighted by atomic mass is 10.1. The first-order chi connectivity index (χ1) is 13.6. The largest absolute Gasteiger partial charge is 0.334 e. The molecule has 0 saturated carbocycles. The summed E-state index contributed by atoms with van der Waals surface area (Å²) in [5.41, 5.74) is 2.33. The standard InChI is InChI=1S/C22H23N3OS2/c1-4-24-17-13-9-10-14-18(17)27-21(24)19-20(26)25(5-2)22(28-19)23-15(3)16-11-7-6-8-12-16/h6-15H,4-5H2,1-3H3/t15-/m1/s1. The van der Waals surface area contributed by atoms with Crippen LogP contribution in [0.15, 0.2) is 74.4 Å². The summed E-state index contributed by atoms with van der Waals surface area (Å²) in [6.45, 7) is 7.65. The summed E-state index contributed by atoms with van der Waals surface area (Å²) < 4.78 is 0. The third-order valence-corrected chi connectivity index (χ3v) is 7.28. The van der Waals surface area contributed by atoms with Crippen LogP contribution in [0.2, 0.25) is 0 Å². The predicted octanol–water partition coefficient (Wildman–Crippen LogP) is 5.50. The minimum atomic E-state index is 0.00519. The second kappa shape index (κ2) is 8.05. The van der Waals surface area contributed by atoms with Crippen LogP contribution in [0.3, 0.4) is 0 Å². The molecule has 2 aromatic carbocycles. The van der Waals surface area contributed by atoms with Crippen LogP contribution < -0.4 is 4.90 Å². The number of carbonyl (C=O) groups is 1. The molecule has 1 amide bonds. The van der Waals surface area contributed by atoms with Gasteiger partial charge in [-0.15, -0.1) is 0 Å². The maximum atomic E-state index is 13.2. The Morgan fingerprint density at radius 1 is 0.929 bits per heavy atom. The molecule has 0 bridgehead atoms. The van der Waals surface area contributed by atoms with Gasteiger partial charge in [-0.2, -0.15) is 0 Å². The third-order valence-electron chi connectivity index (χ3n) is 4.88. The van der Waals surface area contributed by atoms with Crippen molar-refractivity contribution >= 4 is 40.3 Å². The molecule has 2 aromatic rings. The molecule has 0 radical (unpaired) electrons. The number of benzene rings is 2. The quantitative estimate of drug-likeness (QED) is 0.625. The molecule has 1 atom stereocenters. The van der Waals surface area contributed by atoms with E-state index in [1.165, 1.54) is 22.3 Å². The molecule has 1 saturated heterocycles. The Balaban J connectivity index is 1.70.